The van der Waals surface area contributed by atoms with Crippen molar-refractivity contribution in [1.29, 1.82) is 0 Å². The highest BCUT2D eigenvalue weighted by molar-refractivity contribution is 5.97. The van der Waals surface area contributed by atoms with Crippen LogP contribution in [0, 0.1) is 20.8 Å². The van der Waals surface area contributed by atoms with E-state index in [1.54, 1.807) is 4.90 Å². The lowest BCUT2D eigenvalue weighted by Crippen LogP contribution is -2.48. The fraction of sp³-hybridized carbons (Fsp3) is 0.615. The Morgan fingerprint density at radius 3 is 2.67 bits per heavy atom. The molecule has 0 aliphatic carbocycles. The Morgan fingerprint density at radius 2 is 2.11 bits per heavy atom. The molecule has 1 fully saturated rings. The van der Waals surface area contributed by atoms with Crippen molar-refractivity contribution in [2.24, 2.45) is 5.73 Å². The van der Waals surface area contributed by atoms with Gasteiger partial charge in [-0.2, -0.15) is 0 Å². The first-order valence-electron chi connectivity index (χ1n) is 6.22. The third-order valence-electron chi connectivity index (χ3n) is 3.46. The largest absolute Gasteiger partial charge is 0.466 e. The molecule has 0 bridgehead atoms. The van der Waals surface area contributed by atoms with E-state index in [0.29, 0.717) is 37.6 Å². The average molecular weight is 252 g/mol. The van der Waals surface area contributed by atoms with E-state index in [4.69, 9.17) is 14.9 Å². The van der Waals surface area contributed by atoms with Crippen LogP contribution < -0.4 is 5.73 Å². The fourth-order valence-electron chi connectivity index (χ4n) is 2.31. The third-order valence-corrected chi connectivity index (χ3v) is 3.46. The maximum absolute atomic E-state index is 12.5. The number of morpholine rings is 1. The lowest BCUT2D eigenvalue weighted by molar-refractivity contribution is -0.0168. The van der Waals surface area contributed by atoms with E-state index in [2.05, 4.69) is 0 Å². The zero-order valence-electron chi connectivity index (χ0n) is 11.2. The summed E-state index contributed by atoms with van der Waals surface area (Å²) in [5.41, 5.74) is 7.20. The average Bonchev–Trinajstić information content (AvgIpc) is 2.62. The van der Waals surface area contributed by atoms with Crippen LogP contribution in [0.1, 0.15) is 27.4 Å². The highest BCUT2D eigenvalue weighted by Gasteiger charge is 2.28. The number of carbonyl (C=O) groups is 1. The van der Waals surface area contributed by atoms with E-state index < -0.39 is 0 Å². The van der Waals surface area contributed by atoms with Crippen molar-refractivity contribution in [1.82, 2.24) is 4.90 Å². The summed E-state index contributed by atoms with van der Waals surface area (Å²) in [7, 11) is 0. The van der Waals surface area contributed by atoms with Crippen molar-refractivity contribution in [3.63, 3.8) is 0 Å². The van der Waals surface area contributed by atoms with Gasteiger partial charge < -0.3 is 19.8 Å². The van der Waals surface area contributed by atoms with E-state index in [9.17, 15) is 4.79 Å². The Balaban J connectivity index is 2.20. The van der Waals surface area contributed by atoms with E-state index in [1.165, 1.54) is 0 Å². The van der Waals surface area contributed by atoms with E-state index in [0.717, 1.165) is 11.3 Å². The number of nitrogens with two attached hydrogens (primary N) is 1. The van der Waals surface area contributed by atoms with Gasteiger partial charge >= 0.3 is 0 Å². The van der Waals surface area contributed by atoms with Crippen molar-refractivity contribution in [3.05, 3.63) is 22.6 Å². The van der Waals surface area contributed by atoms with Gasteiger partial charge in [-0.05, 0) is 20.8 Å². The molecule has 1 aromatic heterocycles. The number of ether oxygens (including phenoxy) is 1. The van der Waals surface area contributed by atoms with E-state index >= 15 is 0 Å². The molecule has 1 amide bonds. The summed E-state index contributed by atoms with van der Waals surface area (Å²) < 4.78 is 11.0. The molecular formula is C13H20N2O3. The van der Waals surface area contributed by atoms with Gasteiger partial charge in [0.25, 0.3) is 5.91 Å². The number of amides is 1. The molecule has 0 spiro atoms. The van der Waals surface area contributed by atoms with Crippen LogP contribution >= 0.6 is 0 Å². The first-order chi connectivity index (χ1) is 8.54. The Bertz CT molecular complexity index is 453. The molecule has 0 aromatic carbocycles. The molecule has 1 aliphatic heterocycles. The fourth-order valence-corrected chi connectivity index (χ4v) is 2.31. The smallest absolute Gasteiger partial charge is 0.257 e. The molecule has 5 nitrogen and oxygen atoms in total. The standard InChI is InChI=1S/C13H20N2O3/c1-8-9(2)18-10(3)12(8)13(16)15-4-5-17-11(6-14)7-15/h11H,4-7,14H2,1-3H3. The molecule has 1 unspecified atom stereocenters. The van der Waals surface area contributed by atoms with Crippen LogP contribution in [0.5, 0.6) is 0 Å². The van der Waals surface area contributed by atoms with E-state index in [1.807, 2.05) is 20.8 Å². The highest BCUT2D eigenvalue weighted by atomic mass is 16.5. The van der Waals surface area contributed by atoms with Gasteiger partial charge in [0.15, 0.2) is 0 Å². The van der Waals surface area contributed by atoms with Crippen LogP contribution in [-0.2, 0) is 4.74 Å². The quantitative estimate of drug-likeness (QED) is 0.852. The molecule has 1 aromatic rings. The first kappa shape index (κ1) is 13.1. The summed E-state index contributed by atoms with van der Waals surface area (Å²) in [6.45, 7) is 7.76. The monoisotopic (exact) mass is 252 g/mol. The predicted octanol–water partition coefficient (Wildman–Crippen LogP) is 1.00. The molecule has 1 saturated heterocycles. The number of rotatable bonds is 2. The van der Waals surface area contributed by atoms with Crippen LogP contribution in [0.4, 0.5) is 0 Å². The van der Waals surface area contributed by atoms with Gasteiger partial charge in [0, 0.05) is 25.2 Å². The van der Waals surface area contributed by atoms with Gasteiger partial charge in [-0.25, -0.2) is 0 Å². The molecule has 2 N–H and O–H groups in total. The molecule has 5 heteroatoms. The molecule has 100 valence electrons. The van der Waals surface area contributed by atoms with Crippen molar-refractivity contribution < 1.29 is 13.9 Å². The molecule has 1 atom stereocenters. The second-order valence-electron chi connectivity index (χ2n) is 4.69. The minimum atomic E-state index is -0.0590. The van der Waals surface area contributed by atoms with Crippen LogP contribution in [0.3, 0.4) is 0 Å². The predicted molar refractivity (Wildman–Crippen MR) is 67.6 cm³/mol. The molecule has 2 rings (SSSR count). The Kier molecular flexibility index (Phi) is 3.73. The van der Waals surface area contributed by atoms with Crippen LogP contribution in [-0.4, -0.2) is 43.2 Å². The molecular weight excluding hydrogens is 232 g/mol. The summed E-state index contributed by atoms with van der Waals surface area (Å²) in [5.74, 6) is 1.51. The minimum absolute atomic E-state index is 0.0172. The van der Waals surface area contributed by atoms with Crippen molar-refractivity contribution in [3.8, 4) is 0 Å². The third kappa shape index (κ3) is 2.28. The molecule has 18 heavy (non-hydrogen) atoms. The molecule has 0 saturated carbocycles. The van der Waals surface area contributed by atoms with Crippen LogP contribution in [0.15, 0.2) is 4.42 Å². The number of hydrogen-bond donors (Lipinski definition) is 1. The second-order valence-corrected chi connectivity index (χ2v) is 4.69. The normalized spacial score (nSPS) is 20.2. The zero-order valence-corrected chi connectivity index (χ0v) is 11.2. The maximum Gasteiger partial charge on any atom is 0.257 e. The Hall–Kier alpha value is -1.33. The van der Waals surface area contributed by atoms with Gasteiger partial charge in [-0.15, -0.1) is 0 Å². The number of hydrogen-bond acceptors (Lipinski definition) is 4. The maximum atomic E-state index is 12.5. The number of aryl methyl sites for hydroxylation is 2. The summed E-state index contributed by atoms with van der Waals surface area (Å²) in [5, 5.41) is 0. The van der Waals surface area contributed by atoms with Gasteiger partial charge in [0.2, 0.25) is 0 Å². The summed E-state index contributed by atoms with van der Waals surface area (Å²) in [6, 6.07) is 0. The van der Waals surface area contributed by atoms with Crippen LogP contribution in [0.25, 0.3) is 0 Å². The lowest BCUT2D eigenvalue weighted by Gasteiger charge is -2.32. The van der Waals surface area contributed by atoms with E-state index in [-0.39, 0.29) is 12.0 Å². The van der Waals surface area contributed by atoms with Crippen molar-refractivity contribution in [2.45, 2.75) is 26.9 Å². The first-order valence-corrected chi connectivity index (χ1v) is 6.22. The SMILES string of the molecule is Cc1oc(C)c(C(=O)N2CCOC(CN)C2)c1C. The number of carbonyl (C=O) groups excluding carboxylic acids is 1. The lowest BCUT2D eigenvalue weighted by atomic mass is 10.1. The highest BCUT2D eigenvalue weighted by Crippen LogP contribution is 2.23. The van der Waals surface area contributed by atoms with Gasteiger partial charge in [0.05, 0.1) is 18.3 Å². The van der Waals surface area contributed by atoms with Crippen molar-refractivity contribution >= 4 is 5.91 Å². The Morgan fingerprint density at radius 1 is 1.39 bits per heavy atom. The zero-order chi connectivity index (χ0) is 13.3. The Labute approximate surface area is 107 Å². The van der Waals surface area contributed by atoms with Crippen molar-refractivity contribution in [2.75, 3.05) is 26.2 Å². The summed E-state index contributed by atoms with van der Waals surface area (Å²) >= 11 is 0. The number of nitrogens with zero attached hydrogens (tertiary/aromatic N) is 1. The summed E-state index contributed by atoms with van der Waals surface area (Å²) in [4.78, 5) is 14.3. The number of furan rings is 1. The molecule has 2 heterocycles. The molecule has 1 aliphatic rings. The second kappa shape index (κ2) is 5.12. The van der Waals surface area contributed by atoms with Gasteiger partial charge in [-0.1, -0.05) is 0 Å². The molecule has 0 radical (unpaired) electrons. The summed E-state index contributed by atoms with van der Waals surface area (Å²) in [6.07, 6.45) is -0.0590. The topological polar surface area (TPSA) is 68.7 Å². The minimum Gasteiger partial charge on any atom is -0.466 e. The van der Waals surface area contributed by atoms with Gasteiger partial charge in [-0.3, -0.25) is 4.79 Å². The van der Waals surface area contributed by atoms with Crippen LogP contribution in [0.2, 0.25) is 0 Å². The van der Waals surface area contributed by atoms with Gasteiger partial charge in [0.1, 0.15) is 11.5 Å².